The molecule has 4 nitrogen and oxygen atoms in total. The van der Waals surface area contributed by atoms with Crippen molar-refractivity contribution >= 4 is 70.0 Å². The van der Waals surface area contributed by atoms with Crippen molar-refractivity contribution in [3.05, 3.63) is 104 Å². The molecule has 1 atom stereocenters. The molecule has 1 unspecified atom stereocenters. The van der Waals surface area contributed by atoms with E-state index in [1.54, 1.807) is 42.3 Å². The summed E-state index contributed by atoms with van der Waals surface area (Å²) < 4.78 is 0. The average molecular weight is 570 g/mol. The quantitative estimate of drug-likeness (QED) is 0.288. The van der Waals surface area contributed by atoms with Crippen LogP contribution in [0.5, 0.6) is 0 Å². The molecule has 1 N–H and O–H groups in total. The number of carbonyl (C=O) groups excluding carboxylic acids is 2. The molecule has 0 radical (unpaired) electrons. The molecule has 3 rings (SSSR count). The number of nitrogens with zero attached hydrogens (tertiary/aromatic N) is 1. The fourth-order valence-electron chi connectivity index (χ4n) is 3.54. The Hall–Kier alpha value is -1.89. The molecule has 0 aliphatic rings. The normalized spacial score (nSPS) is 11.7. The molecule has 3 aromatic rings. The van der Waals surface area contributed by atoms with Crippen LogP contribution >= 0.6 is 58.2 Å². The largest absolute Gasteiger partial charge is 0.357 e. The molecular weight excluding hydrogens is 546 g/mol. The lowest BCUT2D eigenvalue weighted by molar-refractivity contribution is -0.139. The van der Waals surface area contributed by atoms with Crippen LogP contribution in [0.2, 0.25) is 20.1 Å². The zero-order chi connectivity index (χ0) is 25.4. The third-order valence-electron chi connectivity index (χ3n) is 5.39. The van der Waals surface area contributed by atoms with E-state index in [9.17, 15) is 9.59 Å². The summed E-state index contributed by atoms with van der Waals surface area (Å²) in [7, 11) is 1.56. The van der Waals surface area contributed by atoms with Crippen molar-refractivity contribution in [1.82, 2.24) is 10.2 Å². The van der Waals surface area contributed by atoms with Gasteiger partial charge in [-0.3, -0.25) is 9.59 Å². The third-order valence-corrected chi connectivity index (χ3v) is 7.82. The van der Waals surface area contributed by atoms with Crippen LogP contribution in [-0.2, 0) is 28.3 Å². The summed E-state index contributed by atoms with van der Waals surface area (Å²) in [6, 6.07) is 19.4. The number of nitrogens with one attached hydrogen (secondary N) is 1. The maximum Gasteiger partial charge on any atom is 0.242 e. The second kappa shape index (κ2) is 13.4. The number of likely N-dealkylation sites (N-methyl/N-ethyl adjacent to an activating group) is 1. The van der Waals surface area contributed by atoms with Gasteiger partial charge in [-0.15, -0.1) is 11.8 Å². The van der Waals surface area contributed by atoms with Crippen molar-refractivity contribution in [3.8, 4) is 0 Å². The Morgan fingerprint density at radius 3 is 2.17 bits per heavy atom. The highest BCUT2D eigenvalue weighted by Gasteiger charge is 2.30. The first-order valence-electron chi connectivity index (χ1n) is 10.8. The second-order valence-electron chi connectivity index (χ2n) is 7.78. The monoisotopic (exact) mass is 568 g/mol. The SMILES string of the molecule is CNC(=O)C(Cc1ccccc1)N(Cc1c(Cl)cccc1Cl)C(=O)CSCc1ccc(Cl)c(Cl)c1. The number of hydrogen-bond donors (Lipinski definition) is 1. The van der Waals surface area contributed by atoms with Gasteiger partial charge in [0, 0.05) is 41.4 Å². The fourth-order valence-corrected chi connectivity index (χ4v) is 5.24. The molecule has 0 fully saturated rings. The molecule has 184 valence electrons. The van der Waals surface area contributed by atoms with E-state index in [0.717, 1.165) is 11.1 Å². The first-order valence-corrected chi connectivity index (χ1v) is 13.5. The van der Waals surface area contributed by atoms with Crippen LogP contribution in [0.1, 0.15) is 16.7 Å². The highest BCUT2D eigenvalue weighted by atomic mass is 35.5. The van der Waals surface area contributed by atoms with E-state index in [1.165, 1.54) is 11.8 Å². The van der Waals surface area contributed by atoms with Crippen LogP contribution in [0.3, 0.4) is 0 Å². The van der Waals surface area contributed by atoms with Gasteiger partial charge >= 0.3 is 0 Å². The summed E-state index contributed by atoms with van der Waals surface area (Å²) in [6.07, 6.45) is 0.353. The van der Waals surface area contributed by atoms with E-state index in [2.05, 4.69) is 5.32 Å². The summed E-state index contributed by atoms with van der Waals surface area (Å²) in [5.41, 5.74) is 2.48. The van der Waals surface area contributed by atoms with E-state index in [0.29, 0.717) is 37.8 Å². The predicted octanol–water partition coefficient (Wildman–Crippen LogP) is 6.92. The minimum absolute atomic E-state index is 0.107. The van der Waals surface area contributed by atoms with Crippen molar-refractivity contribution in [2.75, 3.05) is 12.8 Å². The molecule has 0 aromatic heterocycles. The van der Waals surface area contributed by atoms with Crippen LogP contribution in [0, 0.1) is 0 Å². The van der Waals surface area contributed by atoms with Gasteiger partial charge in [-0.05, 0) is 35.4 Å². The summed E-state index contributed by atoms with van der Waals surface area (Å²) >= 11 is 26.4. The number of carbonyl (C=O) groups is 2. The highest BCUT2D eigenvalue weighted by Crippen LogP contribution is 2.28. The van der Waals surface area contributed by atoms with Crippen molar-refractivity contribution in [2.24, 2.45) is 0 Å². The van der Waals surface area contributed by atoms with E-state index < -0.39 is 6.04 Å². The van der Waals surface area contributed by atoms with Gasteiger partial charge in [0.15, 0.2) is 0 Å². The van der Waals surface area contributed by atoms with Gasteiger partial charge < -0.3 is 10.2 Å². The standard InChI is InChI=1S/C26H24Cl4N2O2S/c1-31-26(34)24(13-17-6-3-2-4-7-17)32(14-19-20(27)8-5-9-21(19)28)25(33)16-35-15-18-10-11-22(29)23(30)12-18/h2-12,24H,13-16H2,1H3,(H,31,34). The van der Waals surface area contributed by atoms with E-state index in [4.69, 9.17) is 46.4 Å². The molecule has 0 saturated heterocycles. The van der Waals surface area contributed by atoms with Crippen LogP contribution in [-0.4, -0.2) is 35.6 Å². The Labute approximate surface area is 229 Å². The summed E-state index contributed by atoms with van der Waals surface area (Å²) in [6.45, 7) is 0.107. The van der Waals surface area contributed by atoms with Crippen molar-refractivity contribution in [3.63, 3.8) is 0 Å². The number of hydrogen-bond acceptors (Lipinski definition) is 3. The Morgan fingerprint density at radius 1 is 0.857 bits per heavy atom. The molecule has 0 aliphatic heterocycles. The molecule has 3 aromatic carbocycles. The van der Waals surface area contributed by atoms with Gasteiger partial charge in [0.2, 0.25) is 11.8 Å². The maximum atomic E-state index is 13.5. The van der Waals surface area contributed by atoms with E-state index >= 15 is 0 Å². The van der Waals surface area contributed by atoms with Crippen LogP contribution in [0.4, 0.5) is 0 Å². The van der Waals surface area contributed by atoms with Crippen LogP contribution in [0.25, 0.3) is 0 Å². The molecule has 0 bridgehead atoms. The maximum absolute atomic E-state index is 13.5. The van der Waals surface area contributed by atoms with Crippen molar-refractivity contribution in [1.29, 1.82) is 0 Å². The van der Waals surface area contributed by atoms with E-state index in [1.807, 2.05) is 36.4 Å². The van der Waals surface area contributed by atoms with Gasteiger partial charge in [-0.1, -0.05) is 88.9 Å². The summed E-state index contributed by atoms with van der Waals surface area (Å²) in [5, 5.41) is 4.52. The van der Waals surface area contributed by atoms with Gasteiger partial charge in [-0.25, -0.2) is 0 Å². The van der Waals surface area contributed by atoms with Gasteiger partial charge in [0.1, 0.15) is 6.04 Å². The summed E-state index contributed by atoms with van der Waals surface area (Å²) in [4.78, 5) is 28.1. The number of thioether (sulfide) groups is 1. The molecule has 0 aliphatic carbocycles. The third kappa shape index (κ3) is 7.80. The molecule has 9 heteroatoms. The molecule has 0 saturated carbocycles. The van der Waals surface area contributed by atoms with Crippen LogP contribution < -0.4 is 5.32 Å². The number of halogens is 4. The summed E-state index contributed by atoms with van der Waals surface area (Å²) in [5.74, 6) is 0.257. The van der Waals surface area contributed by atoms with E-state index in [-0.39, 0.29) is 24.1 Å². The first kappa shape index (κ1) is 27.7. The number of benzene rings is 3. The number of rotatable bonds is 10. The Balaban J connectivity index is 1.85. The second-order valence-corrected chi connectivity index (χ2v) is 10.4. The average Bonchev–Trinajstić information content (AvgIpc) is 2.85. The zero-order valence-corrected chi connectivity index (χ0v) is 22.8. The van der Waals surface area contributed by atoms with Crippen molar-refractivity contribution < 1.29 is 9.59 Å². The lowest BCUT2D eigenvalue weighted by Crippen LogP contribution is -2.50. The van der Waals surface area contributed by atoms with Crippen LogP contribution in [0.15, 0.2) is 66.7 Å². The highest BCUT2D eigenvalue weighted by molar-refractivity contribution is 7.99. The lowest BCUT2D eigenvalue weighted by Gasteiger charge is -2.31. The number of amides is 2. The minimum Gasteiger partial charge on any atom is -0.357 e. The minimum atomic E-state index is -0.743. The molecule has 35 heavy (non-hydrogen) atoms. The Bertz CT molecular complexity index is 1160. The predicted molar refractivity (Wildman–Crippen MR) is 148 cm³/mol. The fraction of sp³-hybridized carbons (Fsp3) is 0.231. The molecule has 0 spiro atoms. The first-order chi connectivity index (χ1) is 16.8. The van der Waals surface area contributed by atoms with Crippen molar-refractivity contribution in [2.45, 2.75) is 24.8 Å². The topological polar surface area (TPSA) is 49.4 Å². The van der Waals surface area contributed by atoms with Gasteiger partial charge in [0.05, 0.1) is 15.8 Å². The molecule has 0 heterocycles. The smallest absolute Gasteiger partial charge is 0.242 e. The Kier molecular flexibility index (Phi) is 10.6. The van der Waals surface area contributed by atoms with Gasteiger partial charge in [-0.2, -0.15) is 0 Å². The zero-order valence-electron chi connectivity index (χ0n) is 18.9. The Morgan fingerprint density at radius 2 is 1.54 bits per heavy atom. The van der Waals surface area contributed by atoms with Gasteiger partial charge in [0.25, 0.3) is 0 Å². The molecule has 2 amide bonds. The molecular formula is C26H24Cl4N2O2S. The lowest BCUT2D eigenvalue weighted by atomic mass is 10.0.